The zero-order valence-electron chi connectivity index (χ0n) is 16.0. The van der Waals surface area contributed by atoms with Gasteiger partial charge >= 0.3 is 0 Å². The average Bonchev–Trinajstić information content (AvgIpc) is 2.70. The molecule has 0 aliphatic heterocycles. The van der Waals surface area contributed by atoms with E-state index in [0.29, 0.717) is 17.9 Å². The predicted molar refractivity (Wildman–Crippen MR) is 107 cm³/mol. The minimum Gasteiger partial charge on any atom is -0.496 e. The lowest BCUT2D eigenvalue weighted by atomic mass is 9.77. The lowest BCUT2D eigenvalue weighted by Gasteiger charge is -2.32. The van der Waals surface area contributed by atoms with Crippen molar-refractivity contribution >= 4 is 5.91 Å². The smallest absolute Gasteiger partial charge is 0.255 e. The van der Waals surface area contributed by atoms with Gasteiger partial charge in [0.1, 0.15) is 5.75 Å². The van der Waals surface area contributed by atoms with Gasteiger partial charge in [-0.25, -0.2) is 0 Å². The average molecular weight is 354 g/mol. The number of carbonyl (C=O) groups is 1. The maximum atomic E-state index is 12.7. The fourth-order valence-electron chi connectivity index (χ4n) is 3.09. The van der Waals surface area contributed by atoms with Crippen LogP contribution in [0.15, 0.2) is 54.6 Å². The van der Waals surface area contributed by atoms with Crippen molar-refractivity contribution in [1.82, 2.24) is 5.32 Å². The van der Waals surface area contributed by atoms with E-state index in [9.17, 15) is 4.79 Å². The Labute approximate surface area is 156 Å². The Balaban J connectivity index is 2.15. The molecule has 4 heteroatoms. The van der Waals surface area contributed by atoms with Crippen molar-refractivity contribution in [2.75, 3.05) is 13.7 Å². The van der Waals surface area contributed by atoms with E-state index in [-0.39, 0.29) is 17.4 Å². The molecule has 2 aromatic carbocycles. The summed E-state index contributed by atoms with van der Waals surface area (Å²) in [6.45, 7) is 4.84. The van der Waals surface area contributed by atoms with Crippen LogP contribution in [-0.2, 0) is 5.41 Å². The molecule has 0 heterocycles. The number of rotatable bonds is 9. The van der Waals surface area contributed by atoms with Gasteiger partial charge in [0.15, 0.2) is 0 Å². The van der Waals surface area contributed by atoms with Gasteiger partial charge in [-0.1, -0.05) is 56.3 Å². The largest absolute Gasteiger partial charge is 0.496 e. The second-order valence-electron chi connectivity index (χ2n) is 7.02. The van der Waals surface area contributed by atoms with E-state index in [1.807, 2.05) is 30.3 Å². The second kappa shape index (κ2) is 9.39. The summed E-state index contributed by atoms with van der Waals surface area (Å²) in [5.41, 5.74) is 7.73. The summed E-state index contributed by atoms with van der Waals surface area (Å²) in [4.78, 5) is 12.7. The molecule has 2 atom stereocenters. The number of methoxy groups -OCH3 is 1. The number of nitrogens with two attached hydrogens (primary N) is 1. The molecule has 0 saturated carbocycles. The number of ether oxygens (including phenoxy) is 1. The summed E-state index contributed by atoms with van der Waals surface area (Å²) in [5.74, 6) is 0.462. The van der Waals surface area contributed by atoms with Crippen LogP contribution in [-0.4, -0.2) is 25.6 Å². The van der Waals surface area contributed by atoms with Crippen molar-refractivity contribution in [3.05, 3.63) is 65.7 Å². The molecule has 0 aliphatic rings. The summed E-state index contributed by atoms with van der Waals surface area (Å²) in [6, 6.07) is 17.8. The fourth-order valence-corrected chi connectivity index (χ4v) is 3.09. The molecule has 26 heavy (non-hydrogen) atoms. The van der Waals surface area contributed by atoms with Gasteiger partial charge in [-0.05, 0) is 37.0 Å². The molecule has 0 fully saturated rings. The molecule has 1 amide bonds. The molecule has 0 bridgehead atoms. The van der Waals surface area contributed by atoms with Crippen LogP contribution in [0.5, 0.6) is 5.75 Å². The van der Waals surface area contributed by atoms with Gasteiger partial charge in [0.2, 0.25) is 0 Å². The number of carbonyl (C=O) groups excluding carboxylic acids is 1. The summed E-state index contributed by atoms with van der Waals surface area (Å²) in [5, 5.41) is 3.09. The first-order valence-corrected chi connectivity index (χ1v) is 9.22. The van der Waals surface area contributed by atoms with Crippen molar-refractivity contribution in [3.8, 4) is 5.75 Å². The number of hydrogen-bond acceptors (Lipinski definition) is 3. The van der Waals surface area contributed by atoms with Crippen LogP contribution in [0.1, 0.15) is 49.0 Å². The highest BCUT2D eigenvalue weighted by Crippen LogP contribution is 2.29. The first kappa shape index (κ1) is 20.0. The van der Waals surface area contributed by atoms with Crippen molar-refractivity contribution in [3.63, 3.8) is 0 Å². The maximum Gasteiger partial charge on any atom is 0.255 e. The van der Waals surface area contributed by atoms with Crippen LogP contribution < -0.4 is 15.8 Å². The predicted octanol–water partition coefficient (Wildman–Crippen LogP) is 3.90. The van der Waals surface area contributed by atoms with Gasteiger partial charge in [0, 0.05) is 18.0 Å². The topological polar surface area (TPSA) is 64.3 Å². The molecular formula is C22H30N2O2. The van der Waals surface area contributed by atoms with Gasteiger partial charge in [-0.15, -0.1) is 0 Å². The van der Waals surface area contributed by atoms with Crippen LogP contribution in [0.2, 0.25) is 0 Å². The number of benzene rings is 2. The third-order valence-electron chi connectivity index (χ3n) is 5.05. The van der Waals surface area contributed by atoms with Crippen molar-refractivity contribution in [2.24, 2.45) is 5.73 Å². The number of nitrogens with one attached hydrogen (secondary N) is 1. The number of para-hydroxylation sites is 1. The van der Waals surface area contributed by atoms with E-state index in [4.69, 9.17) is 10.5 Å². The molecule has 2 aromatic rings. The minimum absolute atomic E-state index is 0.121. The van der Waals surface area contributed by atoms with Crippen molar-refractivity contribution < 1.29 is 9.53 Å². The first-order valence-electron chi connectivity index (χ1n) is 9.22. The van der Waals surface area contributed by atoms with Gasteiger partial charge in [-0.3, -0.25) is 4.79 Å². The Hall–Kier alpha value is -2.33. The summed E-state index contributed by atoms with van der Waals surface area (Å²) in [6.07, 6.45) is 2.79. The molecule has 0 saturated heterocycles. The summed E-state index contributed by atoms with van der Waals surface area (Å²) < 4.78 is 5.30. The third-order valence-corrected chi connectivity index (χ3v) is 5.05. The normalized spacial score (nSPS) is 14.3. The Kier molecular flexibility index (Phi) is 7.22. The molecular weight excluding hydrogens is 324 g/mol. The van der Waals surface area contributed by atoms with Crippen LogP contribution >= 0.6 is 0 Å². The molecule has 0 spiro atoms. The second-order valence-corrected chi connectivity index (χ2v) is 7.02. The highest BCUT2D eigenvalue weighted by atomic mass is 16.5. The van der Waals surface area contributed by atoms with E-state index < -0.39 is 0 Å². The van der Waals surface area contributed by atoms with E-state index in [1.165, 1.54) is 5.56 Å². The molecule has 140 valence electrons. The van der Waals surface area contributed by atoms with Gasteiger partial charge in [0.25, 0.3) is 5.91 Å². The number of amides is 1. The standard InChI is InChI=1S/C22H30N2O2/c1-4-18(23)14-15-22(2,17-10-6-5-7-11-17)16-24-21(25)19-12-8-9-13-20(19)26-3/h5-13,18H,4,14-16,23H2,1-3H3,(H,24,25)/t18-,22-/m0/s1. The van der Waals surface area contributed by atoms with Gasteiger partial charge < -0.3 is 15.8 Å². The molecule has 0 unspecified atom stereocenters. The lowest BCUT2D eigenvalue weighted by Crippen LogP contribution is -2.40. The highest BCUT2D eigenvalue weighted by Gasteiger charge is 2.28. The van der Waals surface area contributed by atoms with Crippen LogP contribution in [0.4, 0.5) is 0 Å². The van der Waals surface area contributed by atoms with E-state index in [1.54, 1.807) is 19.2 Å². The van der Waals surface area contributed by atoms with E-state index in [2.05, 4.69) is 31.3 Å². The van der Waals surface area contributed by atoms with Gasteiger partial charge in [0.05, 0.1) is 12.7 Å². The first-order chi connectivity index (χ1) is 12.5. The zero-order chi connectivity index (χ0) is 19.0. The fraction of sp³-hybridized carbons (Fsp3) is 0.409. The molecule has 2 rings (SSSR count). The summed E-state index contributed by atoms with van der Waals surface area (Å²) in [7, 11) is 1.58. The summed E-state index contributed by atoms with van der Waals surface area (Å²) >= 11 is 0. The molecule has 0 radical (unpaired) electrons. The Morgan fingerprint density at radius 1 is 1.15 bits per heavy atom. The Morgan fingerprint density at radius 2 is 1.81 bits per heavy atom. The Morgan fingerprint density at radius 3 is 2.46 bits per heavy atom. The van der Waals surface area contributed by atoms with Gasteiger partial charge in [-0.2, -0.15) is 0 Å². The monoisotopic (exact) mass is 354 g/mol. The maximum absolute atomic E-state index is 12.7. The van der Waals surface area contributed by atoms with E-state index in [0.717, 1.165) is 19.3 Å². The number of hydrogen-bond donors (Lipinski definition) is 2. The molecule has 0 aromatic heterocycles. The molecule has 3 N–H and O–H groups in total. The quantitative estimate of drug-likeness (QED) is 0.718. The van der Waals surface area contributed by atoms with Crippen LogP contribution in [0.3, 0.4) is 0 Å². The SMILES string of the molecule is CC[C@H](N)CC[C@@](C)(CNC(=O)c1ccccc1OC)c1ccccc1. The van der Waals surface area contributed by atoms with E-state index >= 15 is 0 Å². The highest BCUT2D eigenvalue weighted by molar-refractivity contribution is 5.96. The third kappa shape index (κ3) is 5.09. The van der Waals surface area contributed by atoms with Crippen molar-refractivity contribution in [2.45, 2.75) is 44.6 Å². The van der Waals surface area contributed by atoms with Crippen LogP contribution in [0.25, 0.3) is 0 Å². The van der Waals surface area contributed by atoms with Crippen molar-refractivity contribution in [1.29, 1.82) is 0 Å². The molecule has 4 nitrogen and oxygen atoms in total. The molecule has 0 aliphatic carbocycles. The zero-order valence-corrected chi connectivity index (χ0v) is 16.0. The minimum atomic E-state index is -0.175. The lowest BCUT2D eigenvalue weighted by molar-refractivity contribution is 0.0940. The Bertz CT molecular complexity index is 702. The van der Waals surface area contributed by atoms with Crippen LogP contribution in [0, 0.1) is 0 Å².